The summed E-state index contributed by atoms with van der Waals surface area (Å²) < 4.78 is 36.7. The largest absolute Gasteiger partial charge is 0.497 e. The summed E-state index contributed by atoms with van der Waals surface area (Å²) >= 11 is 6.93. The molecule has 0 spiro atoms. The molecule has 12 heteroatoms. The highest BCUT2D eigenvalue weighted by molar-refractivity contribution is 14.1. The van der Waals surface area contributed by atoms with Crippen LogP contribution in [0.4, 0.5) is 0 Å². The van der Waals surface area contributed by atoms with E-state index in [0.717, 1.165) is 42.1 Å². The molecule has 266 valence electrons. The third-order valence-electron chi connectivity index (χ3n) is 10.1. The number of hydrogen-bond acceptors (Lipinski definition) is 11. The summed E-state index contributed by atoms with van der Waals surface area (Å²) in [6.07, 6.45) is 2.93. The van der Waals surface area contributed by atoms with Crippen molar-refractivity contribution in [2.45, 2.75) is 113 Å². The number of benzene rings is 1. The second-order valence-corrected chi connectivity index (χ2v) is 14.4. The number of methoxy groups -OCH3 is 2. The van der Waals surface area contributed by atoms with Gasteiger partial charge in [-0.1, -0.05) is 36.1 Å². The number of thiol groups is 1. The van der Waals surface area contributed by atoms with E-state index in [2.05, 4.69) is 48.7 Å². The van der Waals surface area contributed by atoms with Crippen LogP contribution in [0.1, 0.15) is 68.6 Å². The zero-order chi connectivity index (χ0) is 34.1. The van der Waals surface area contributed by atoms with E-state index in [0.29, 0.717) is 36.5 Å². The second kappa shape index (κ2) is 18.3. The first kappa shape index (κ1) is 38.8. The number of aliphatic hydroxyl groups excluding tert-OH is 3. The Bertz CT molecular complexity index is 1140. The Morgan fingerprint density at radius 1 is 1.11 bits per heavy atom. The Morgan fingerprint density at radius 2 is 1.85 bits per heavy atom. The molecule has 10 nitrogen and oxygen atoms in total. The normalized spacial score (nSPS) is 32.4. The van der Waals surface area contributed by atoms with Gasteiger partial charge in [-0.2, -0.15) is 12.6 Å². The van der Waals surface area contributed by atoms with Crippen molar-refractivity contribution >= 4 is 41.2 Å². The molecule has 0 saturated carbocycles. The summed E-state index contributed by atoms with van der Waals surface area (Å²) in [4.78, 5) is 12.4. The van der Waals surface area contributed by atoms with Crippen molar-refractivity contribution in [2.24, 2.45) is 11.8 Å². The predicted octanol–water partition coefficient (Wildman–Crippen LogP) is 4.55. The Balaban J connectivity index is 1.23. The summed E-state index contributed by atoms with van der Waals surface area (Å²) in [7, 11) is 3.20. The quantitative estimate of drug-likeness (QED) is 0.0420. The zero-order valence-corrected chi connectivity index (χ0v) is 30.9. The van der Waals surface area contributed by atoms with Crippen LogP contribution in [-0.4, -0.2) is 113 Å². The fourth-order valence-corrected chi connectivity index (χ4v) is 8.77. The lowest BCUT2D eigenvalue weighted by molar-refractivity contribution is -0.155. The van der Waals surface area contributed by atoms with E-state index in [9.17, 15) is 20.1 Å². The summed E-state index contributed by atoms with van der Waals surface area (Å²) in [5.74, 6) is 0.823. The maximum Gasteiger partial charge on any atom is 0.338 e. The lowest BCUT2D eigenvalue weighted by atomic mass is 9.83. The molecule has 47 heavy (non-hydrogen) atoms. The van der Waals surface area contributed by atoms with Gasteiger partial charge in [0.1, 0.15) is 11.4 Å². The van der Waals surface area contributed by atoms with E-state index in [-0.39, 0.29) is 73.1 Å². The molecule has 3 aliphatic rings. The van der Waals surface area contributed by atoms with Crippen LogP contribution >= 0.6 is 35.2 Å². The van der Waals surface area contributed by atoms with Gasteiger partial charge in [0.05, 0.1) is 74.7 Å². The number of hydrogen-bond donors (Lipinski definition) is 4. The lowest BCUT2D eigenvalue weighted by Gasteiger charge is -2.42. The highest BCUT2D eigenvalue weighted by Crippen LogP contribution is 2.45. The van der Waals surface area contributed by atoms with Crippen molar-refractivity contribution in [3.05, 3.63) is 42.0 Å². The third-order valence-corrected chi connectivity index (χ3v) is 11.8. The maximum absolute atomic E-state index is 12.4. The van der Waals surface area contributed by atoms with Gasteiger partial charge in [0.25, 0.3) is 0 Å². The van der Waals surface area contributed by atoms with Gasteiger partial charge in [-0.05, 0) is 73.6 Å². The van der Waals surface area contributed by atoms with E-state index < -0.39 is 12.2 Å². The number of fused-ring (bicyclic) bond motifs is 1. The topological polar surface area (TPSA) is 133 Å². The van der Waals surface area contributed by atoms with E-state index in [1.165, 1.54) is 0 Å². The molecule has 3 heterocycles. The molecule has 1 aromatic carbocycles. The number of halogens is 1. The van der Waals surface area contributed by atoms with Gasteiger partial charge in [-0.3, -0.25) is 0 Å². The molecule has 3 N–H and O–H groups in total. The van der Waals surface area contributed by atoms with Crippen LogP contribution in [0.2, 0.25) is 0 Å². The Hall–Kier alpha value is -0.970. The van der Waals surface area contributed by atoms with E-state index in [1.807, 2.05) is 0 Å². The molecule has 3 saturated heterocycles. The van der Waals surface area contributed by atoms with Crippen LogP contribution in [0.15, 0.2) is 36.4 Å². The fraction of sp³-hybridized carbons (Fsp3) is 0.743. The molecular formula is C35H53IO10S. The molecule has 1 aromatic rings. The molecule has 11 atom stereocenters. The maximum atomic E-state index is 12.4. The molecule has 0 aromatic heterocycles. The molecule has 0 bridgehead atoms. The first-order chi connectivity index (χ1) is 22.6. The fourth-order valence-electron chi connectivity index (χ4n) is 7.35. The molecule has 4 rings (SSSR count). The Kier molecular flexibility index (Phi) is 15.1. The van der Waals surface area contributed by atoms with Crippen molar-refractivity contribution in [3.63, 3.8) is 0 Å². The first-order valence-electron chi connectivity index (χ1n) is 16.7. The van der Waals surface area contributed by atoms with Crippen LogP contribution in [-0.2, 0) is 23.7 Å². The van der Waals surface area contributed by atoms with Crippen molar-refractivity contribution in [1.82, 2.24) is 0 Å². The highest BCUT2D eigenvalue weighted by Gasteiger charge is 2.52. The lowest BCUT2D eigenvalue weighted by Crippen LogP contribution is -2.50. The van der Waals surface area contributed by atoms with Crippen LogP contribution in [0.25, 0.3) is 0 Å². The average molecular weight is 793 g/mol. The third kappa shape index (κ3) is 9.84. The smallest absolute Gasteiger partial charge is 0.338 e. The highest BCUT2D eigenvalue weighted by atomic mass is 127. The number of ether oxygens (including phenoxy) is 6. The summed E-state index contributed by atoms with van der Waals surface area (Å²) in [5, 5.41) is 30.5. The van der Waals surface area contributed by atoms with Crippen molar-refractivity contribution < 1.29 is 48.5 Å². The van der Waals surface area contributed by atoms with Gasteiger partial charge in [0.15, 0.2) is 0 Å². The van der Waals surface area contributed by atoms with Crippen LogP contribution < -0.4 is 4.74 Å². The van der Waals surface area contributed by atoms with Gasteiger partial charge >= 0.3 is 5.97 Å². The Labute approximate surface area is 298 Å². The minimum absolute atomic E-state index is 0.0254. The zero-order valence-electron chi connectivity index (χ0n) is 27.8. The second-order valence-electron chi connectivity index (χ2n) is 13.3. The van der Waals surface area contributed by atoms with Crippen molar-refractivity contribution in [2.75, 3.05) is 37.6 Å². The number of esters is 1. The number of carbonyl (C=O) groups is 1. The SMILES string of the molecule is C=C(C(C)CC1CCC2OC(CCCOC(=O)c3ccc(OC)cc3)CC2(CI)O1)[C@H](O)C[C@@H]1O[C@H](CC(O)CO)[C@H](OC)C1CS. The van der Waals surface area contributed by atoms with Crippen LogP contribution in [0.5, 0.6) is 5.75 Å². The molecular weight excluding hydrogens is 739 g/mol. The molecule has 0 radical (unpaired) electrons. The van der Waals surface area contributed by atoms with Gasteiger partial charge in [0.2, 0.25) is 0 Å². The van der Waals surface area contributed by atoms with Crippen LogP contribution in [0, 0.1) is 11.8 Å². The molecule has 7 unspecified atom stereocenters. The van der Waals surface area contributed by atoms with Crippen LogP contribution in [0.3, 0.4) is 0 Å². The number of carbonyl (C=O) groups excluding carboxylic acids is 1. The van der Waals surface area contributed by atoms with Gasteiger partial charge in [-0.25, -0.2) is 4.79 Å². The number of aliphatic hydroxyl groups is 3. The first-order valence-corrected chi connectivity index (χ1v) is 18.9. The van der Waals surface area contributed by atoms with E-state index in [4.69, 9.17) is 28.4 Å². The van der Waals surface area contributed by atoms with E-state index >= 15 is 0 Å². The molecule has 0 aliphatic carbocycles. The van der Waals surface area contributed by atoms with Gasteiger partial charge in [0, 0.05) is 36.7 Å². The minimum Gasteiger partial charge on any atom is -0.497 e. The van der Waals surface area contributed by atoms with Gasteiger partial charge < -0.3 is 43.7 Å². The summed E-state index contributed by atoms with van der Waals surface area (Å²) in [5.41, 5.74) is 0.894. The van der Waals surface area contributed by atoms with Crippen molar-refractivity contribution in [3.8, 4) is 5.75 Å². The van der Waals surface area contributed by atoms with Crippen molar-refractivity contribution in [1.29, 1.82) is 0 Å². The predicted molar refractivity (Wildman–Crippen MR) is 190 cm³/mol. The monoisotopic (exact) mass is 792 g/mol. The molecule has 3 fully saturated rings. The number of alkyl halides is 1. The summed E-state index contributed by atoms with van der Waals surface area (Å²) in [6, 6.07) is 6.88. The number of rotatable bonds is 18. The average Bonchev–Trinajstić information content (AvgIpc) is 3.62. The molecule has 0 amide bonds. The Morgan fingerprint density at radius 3 is 2.49 bits per heavy atom. The standard InChI is InChI=1S/C35H53IO10S/c1-21(22(2)29(39)16-30-28(19-47)33(42-4)31(45-30)15-24(38)18-37)14-26-11-12-32-35(20-36,46-26)17-27(44-32)6-5-13-43-34(40)23-7-9-25(41-3)10-8-23/h7-10,21,24,26-33,37-39,47H,2,5-6,11-20H2,1,3-4H3/t21?,24?,26?,27?,28?,29-,30+,31-,32?,33-,35?/m1/s1. The van der Waals surface area contributed by atoms with E-state index in [1.54, 1.807) is 38.5 Å². The molecule has 3 aliphatic heterocycles. The summed E-state index contributed by atoms with van der Waals surface area (Å²) in [6.45, 7) is 6.35. The minimum atomic E-state index is -0.895. The van der Waals surface area contributed by atoms with Gasteiger partial charge in [-0.15, -0.1) is 0 Å².